The molecule has 1 fully saturated rings. The number of benzene rings is 2. The molecule has 144 valence electrons. The van der Waals surface area contributed by atoms with Gasteiger partial charge < -0.3 is 10.2 Å². The Bertz CT molecular complexity index is 1060. The van der Waals surface area contributed by atoms with E-state index in [-0.39, 0.29) is 17.0 Å². The van der Waals surface area contributed by atoms with Gasteiger partial charge in [-0.05, 0) is 47.8 Å². The average molecular weight is 460 g/mol. The zero-order valence-corrected chi connectivity index (χ0v) is 17.2. The van der Waals surface area contributed by atoms with Crippen molar-refractivity contribution in [3.05, 3.63) is 69.8 Å². The first-order chi connectivity index (χ1) is 13.5. The van der Waals surface area contributed by atoms with Gasteiger partial charge in [0, 0.05) is 21.3 Å². The number of halogens is 1. The molecule has 2 unspecified atom stereocenters. The third-order valence-corrected chi connectivity index (χ3v) is 7.02. The van der Waals surface area contributed by atoms with Crippen LogP contribution < -0.4 is 0 Å². The number of thioether (sulfide) groups is 1. The monoisotopic (exact) mass is 459 g/mol. The second-order valence-electron chi connectivity index (χ2n) is 6.88. The molecule has 1 aliphatic rings. The second-order valence-corrected chi connectivity index (χ2v) is 9.11. The highest BCUT2D eigenvalue weighted by molar-refractivity contribution is 9.10. The van der Waals surface area contributed by atoms with Crippen molar-refractivity contribution in [2.45, 2.75) is 24.0 Å². The maximum atomic E-state index is 11.8. The fourth-order valence-corrected chi connectivity index (χ4v) is 5.85. The lowest BCUT2D eigenvalue weighted by atomic mass is 9.89. The van der Waals surface area contributed by atoms with Gasteiger partial charge in [0.2, 0.25) is 0 Å². The molecule has 1 saturated heterocycles. The van der Waals surface area contributed by atoms with Gasteiger partial charge in [0.05, 0.1) is 11.1 Å². The van der Waals surface area contributed by atoms with E-state index in [1.807, 2.05) is 36.0 Å². The molecule has 3 aromatic rings. The molecule has 0 bridgehead atoms. The number of rotatable bonds is 3. The highest BCUT2D eigenvalue weighted by atomic mass is 79.9. The Morgan fingerprint density at radius 3 is 2.57 bits per heavy atom. The van der Waals surface area contributed by atoms with Crippen LogP contribution in [0.15, 0.2) is 53.1 Å². The fourth-order valence-electron chi connectivity index (χ4n) is 3.97. The zero-order chi connectivity index (χ0) is 19.8. The molecule has 1 aliphatic heterocycles. The summed E-state index contributed by atoms with van der Waals surface area (Å²) in [5.41, 5.74) is 2.41. The Morgan fingerprint density at radius 2 is 1.89 bits per heavy atom. The van der Waals surface area contributed by atoms with Gasteiger partial charge in [0.15, 0.2) is 0 Å². The molecule has 0 amide bonds. The number of hydrogen-bond acceptors (Lipinski definition) is 3. The van der Waals surface area contributed by atoms with E-state index in [0.29, 0.717) is 15.1 Å². The van der Waals surface area contributed by atoms with Crippen LogP contribution in [0.1, 0.15) is 45.5 Å². The molecule has 4 rings (SSSR count). The molecule has 2 aromatic carbocycles. The number of aromatic nitrogens is 1. The summed E-state index contributed by atoms with van der Waals surface area (Å²) in [5, 5.41) is 20.3. The minimum atomic E-state index is -1.18. The van der Waals surface area contributed by atoms with Gasteiger partial charge in [-0.1, -0.05) is 46.3 Å². The molecule has 7 heteroatoms. The number of fused-ring (bicyclic) bond motifs is 1. The maximum absolute atomic E-state index is 11.8. The SMILES string of the molecule is O=C(O)c1cc(Br)cc2c(C3CCSC(c4ccccc4)C3)cn(C(=O)O)c12. The standard InChI is InChI=1S/C21H18BrNO4S/c22-14-9-15-17(11-23(21(26)27)19(15)16(10-14)20(24)25)13-6-7-28-18(8-13)12-4-2-1-3-5-12/h1-5,9-11,13,18H,6-8H2,(H,24,25)(H,26,27). The summed E-state index contributed by atoms with van der Waals surface area (Å²) in [6.45, 7) is 0. The van der Waals surface area contributed by atoms with E-state index >= 15 is 0 Å². The highest BCUT2D eigenvalue weighted by Crippen LogP contribution is 2.47. The summed E-state index contributed by atoms with van der Waals surface area (Å²) < 4.78 is 1.69. The summed E-state index contributed by atoms with van der Waals surface area (Å²) in [5.74, 6) is 0.00865. The molecule has 2 atom stereocenters. The lowest BCUT2D eigenvalue weighted by Gasteiger charge is -2.29. The minimum absolute atomic E-state index is 0.0113. The first kappa shape index (κ1) is 19.1. The molecule has 28 heavy (non-hydrogen) atoms. The van der Waals surface area contributed by atoms with Gasteiger partial charge in [-0.15, -0.1) is 0 Å². The zero-order valence-electron chi connectivity index (χ0n) is 14.8. The molecular formula is C21H18BrNO4S. The lowest BCUT2D eigenvalue weighted by molar-refractivity contribution is 0.0698. The van der Waals surface area contributed by atoms with Crippen molar-refractivity contribution in [1.82, 2.24) is 4.57 Å². The van der Waals surface area contributed by atoms with Crippen LogP contribution in [0.25, 0.3) is 10.9 Å². The Labute approximate surface area is 174 Å². The van der Waals surface area contributed by atoms with E-state index in [1.54, 1.807) is 6.20 Å². The summed E-state index contributed by atoms with van der Waals surface area (Å²) in [6.07, 6.45) is 2.25. The minimum Gasteiger partial charge on any atom is -0.478 e. The Balaban J connectivity index is 1.82. The Hall–Kier alpha value is -2.25. The van der Waals surface area contributed by atoms with E-state index in [0.717, 1.165) is 28.7 Å². The van der Waals surface area contributed by atoms with E-state index < -0.39 is 12.1 Å². The number of aromatic carboxylic acids is 1. The van der Waals surface area contributed by atoms with Crippen molar-refractivity contribution in [3.63, 3.8) is 0 Å². The van der Waals surface area contributed by atoms with Crippen LogP contribution in [0.4, 0.5) is 4.79 Å². The van der Waals surface area contributed by atoms with Crippen molar-refractivity contribution >= 4 is 50.7 Å². The van der Waals surface area contributed by atoms with Crippen molar-refractivity contribution < 1.29 is 19.8 Å². The lowest BCUT2D eigenvalue weighted by Crippen LogP contribution is -2.12. The van der Waals surface area contributed by atoms with Gasteiger partial charge >= 0.3 is 12.1 Å². The molecule has 0 spiro atoms. The molecule has 0 radical (unpaired) electrons. The second kappa shape index (κ2) is 7.64. The van der Waals surface area contributed by atoms with Crippen molar-refractivity contribution in [3.8, 4) is 0 Å². The first-order valence-electron chi connectivity index (χ1n) is 8.93. The summed E-state index contributed by atoms with van der Waals surface area (Å²) in [7, 11) is 0. The predicted octanol–water partition coefficient (Wildman–Crippen LogP) is 5.98. The molecule has 0 aliphatic carbocycles. The molecule has 2 N–H and O–H groups in total. The quantitative estimate of drug-likeness (QED) is 0.503. The van der Waals surface area contributed by atoms with Crippen LogP contribution in [0, 0.1) is 0 Å². The maximum Gasteiger partial charge on any atom is 0.416 e. The number of carboxylic acids is 1. The number of nitrogens with zero attached hydrogens (tertiary/aromatic N) is 1. The van der Waals surface area contributed by atoms with Gasteiger partial charge in [0.25, 0.3) is 0 Å². The van der Waals surface area contributed by atoms with Gasteiger partial charge in [0.1, 0.15) is 0 Å². The summed E-state index contributed by atoms with van der Waals surface area (Å²) in [4.78, 5) is 23.5. The van der Waals surface area contributed by atoms with E-state index in [2.05, 4.69) is 28.1 Å². The van der Waals surface area contributed by atoms with Crippen LogP contribution >= 0.6 is 27.7 Å². The molecular weight excluding hydrogens is 442 g/mol. The Kier molecular flexibility index (Phi) is 5.21. The van der Waals surface area contributed by atoms with E-state index in [1.165, 1.54) is 11.6 Å². The molecule has 1 aromatic heterocycles. The third kappa shape index (κ3) is 3.44. The van der Waals surface area contributed by atoms with Crippen LogP contribution in [-0.2, 0) is 0 Å². The number of carbonyl (C=O) groups is 2. The van der Waals surface area contributed by atoms with Crippen molar-refractivity contribution in [2.24, 2.45) is 0 Å². The molecule has 5 nitrogen and oxygen atoms in total. The van der Waals surface area contributed by atoms with Gasteiger partial charge in [-0.25, -0.2) is 9.59 Å². The van der Waals surface area contributed by atoms with Crippen molar-refractivity contribution in [2.75, 3.05) is 5.75 Å². The Morgan fingerprint density at radius 1 is 1.14 bits per heavy atom. The fraction of sp³-hybridized carbons (Fsp3) is 0.238. The highest BCUT2D eigenvalue weighted by Gasteiger charge is 2.29. The molecule has 0 saturated carbocycles. The number of hydrogen-bond donors (Lipinski definition) is 2. The first-order valence-corrected chi connectivity index (χ1v) is 10.8. The largest absolute Gasteiger partial charge is 0.478 e. The van der Waals surface area contributed by atoms with Crippen LogP contribution in [0.5, 0.6) is 0 Å². The third-order valence-electron chi connectivity index (χ3n) is 5.23. The van der Waals surface area contributed by atoms with E-state index in [4.69, 9.17) is 0 Å². The normalized spacial score (nSPS) is 19.6. The predicted molar refractivity (Wildman–Crippen MR) is 114 cm³/mol. The van der Waals surface area contributed by atoms with Crippen LogP contribution in [0.3, 0.4) is 0 Å². The average Bonchev–Trinajstić information content (AvgIpc) is 3.07. The van der Waals surface area contributed by atoms with Gasteiger partial charge in [-0.2, -0.15) is 11.8 Å². The van der Waals surface area contributed by atoms with Crippen LogP contribution in [-0.4, -0.2) is 32.6 Å². The topological polar surface area (TPSA) is 79.5 Å². The van der Waals surface area contributed by atoms with E-state index in [9.17, 15) is 19.8 Å². The van der Waals surface area contributed by atoms with Crippen molar-refractivity contribution in [1.29, 1.82) is 0 Å². The molecule has 2 heterocycles. The summed E-state index contributed by atoms with van der Waals surface area (Å²) >= 11 is 5.30. The van der Waals surface area contributed by atoms with Crippen LogP contribution in [0.2, 0.25) is 0 Å². The number of carboxylic acid groups (broad SMARTS) is 2. The summed E-state index contributed by atoms with van der Waals surface area (Å²) in [6, 6.07) is 13.6. The smallest absolute Gasteiger partial charge is 0.416 e. The van der Waals surface area contributed by atoms with Gasteiger partial charge in [-0.3, -0.25) is 4.57 Å².